The number of aromatic nitrogens is 1. The van der Waals surface area contributed by atoms with Gasteiger partial charge in [0.15, 0.2) is 0 Å². The zero-order valence-electron chi connectivity index (χ0n) is 14.9. The number of thiophene rings is 1. The Morgan fingerprint density at radius 3 is 2.57 bits per heavy atom. The number of carbonyl (C=O) groups is 1. The summed E-state index contributed by atoms with van der Waals surface area (Å²) in [6.45, 7) is 1.43. The molecule has 28 heavy (non-hydrogen) atoms. The molecule has 1 aliphatic rings. The number of ether oxygens (including phenoxy) is 1. The van der Waals surface area contributed by atoms with E-state index < -0.39 is 10.0 Å². The van der Waals surface area contributed by atoms with Crippen molar-refractivity contribution in [3.05, 3.63) is 65.1 Å². The van der Waals surface area contributed by atoms with Crippen LogP contribution in [0.2, 0.25) is 0 Å². The van der Waals surface area contributed by atoms with Crippen LogP contribution in [0.1, 0.15) is 9.67 Å². The van der Waals surface area contributed by atoms with Gasteiger partial charge in [0.2, 0.25) is 10.0 Å². The van der Waals surface area contributed by atoms with Crippen LogP contribution >= 0.6 is 11.3 Å². The fraction of sp³-hybridized carbons (Fsp3) is 0.211. The molecule has 0 saturated carbocycles. The topological polar surface area (TPSA) is 80.6 Å². The van der Waals surface area contributed by atoms with Gasteiger partial charge >= 0.3 is 0 Å². The zero-order chi connectivity index (χ0) is 19.6. The highest BCUT2D eigenvalue weighted by molar-refractivity contribution is 7.89. The summed E-state index contributed by atoms with van der Waals surface area (Å²) in [5.41, 5.74) is 1.22. The lowest BCUT2D eigenvalue weighted by atomic mass is 10.3. The third-order valence-electron chi connectivity index (χ3n) is 4.43. The maximum Gasteiger partial charge on any atom is 0.267 e. The second-order valence-corrected chi connectivity index (χ2v) is 9.08. The van der Waals surface area contributed by atoms with Crippen molar-refractivity contribution >= 4 is 33.0 Å². The predicted octanol–water partition coefficient (Wildman–Crippen LogP) is 2.81. The molecule has 7 nitrogen and oxygen atoms in total. The molecule has 0 spiro atoms. The van der Waals surface area contributed by atoms with Crippen LogP contribution in [0.4, 0.5) is 5.69 Å². The Labute approximate surface area is 167 Å². The fourth-order valence-electron chi connectivity index (χ4n) is 3.03. The van der Waals surface area contributed by atoms with Crippen molar-refractivity contribution in [3.8, 4) is 5.69 Å². The summed E-state index contributed by atoms with van der Waals surface area (Å²) in [4.78, 5) is 13.5. The van der Waals surface area contributed by atoms with Gasteiger partial charge < -0.3 is 14.6 Å². The fourth-order valence-corrected chi connectivity index (χ4v) is 5.27. The van der Waals surface area contributed by atoms with Crippen molar-refractivity contribution in [2.75, 3.05) is 31.6 Å². The van der Waals surface area contributed by atoms with E-state index in [0.717, 1.165) is 5.69 Å². The zero-order valence-corrected chi connectivity index (χ0v) is 16.6. The molecule has 1 N–H and O–H groups in total. The van der Waals surface area contributed by atoms with Crippen molar-refractivity contribution < 1.29 is 17.9 Å². The average Bonchev–Trinajstić information content (AvgIpc) is 3.40. The average molecular weight is 418 g/mol. The molecule has 0 aliphatic carbocycles. The van der Waals surface area contributed by atoms with Crippen LogP contribution in [0, 0.1) is 0 Å². The van der Waals surface area contributed by atoms with E-state index >= 15 is 0 Å². The molecule has 1 fully saturated rings. The molecule has 0 radical (unpaired) electrons. The van der Waals surface area contributed by atoms with Gasteiger partial charge in [0.25, 0.3) is 5.91 Å². The molecular formula is C19H19N3O4S2. The van der Waals surface area contributed by atoms with Crippen molar-refractivity contribution in [3.63, 3.8) is 0 Å². The second-order valence-electron chi connectivity index (χ2n) is 6.22. The van der Waals surface area contributed by atoms with Gasteiger partial charge in [-0.3, -0.25) is 4.79 Å². The Morgan fingerprint density at radius 1 is 1.07 bits per heavy atom. The molecule has 2 aromatic heterocycles. The number of hydrogen-bond donors (Lipinski definition) is 1. The van der Waals surface area contributed by atoms with E-state index in [1.807, 2.05) is 40.5 Å². The Balaban J connectivity index is 1.56. The van der Waals surface area contributed by atoms with Crippen LogP contribution < -0.4 is 5.32 Å². The number of rotatable bonds is 5. The molecule has 3 heterocycles. The maximum atomic E-state index is 12.8. The Morgan fingerprint density at radius 2 is 1.82 bits per heavy atom. The Hall–Kier alpha value is -2.46. The molecule has 1 aliphatic heterocycles. The van der Waals surface area contributed by atoms with Crippen molar-refractivity contribution in [1.29, 1.82) is 0 Å². The first-order chi connectivity index (χ1) is 13.6. The minimum absolute atomic E-state index is 0.156. The molecule has 3 aromatic rings. The number of nitrogens with zero attached hydrogens (tertiary/aromatic N) is 2. The first kappa shape index (κ1) is 18.9. The number of morpholine rings is 1. The highest BCUT2D eigenvalue weighted by atomic mass is 32.2. The molecule has 4 rings (SSSR count). The lowest BCUT2D eigenvalue weighted by Gasteiger charge is -2.26. The largest absolute Gasteiger partial charge is 0.379 e. The summed E-state index contributed by atoms with van der Waals surface area (Å²) in [6, 6.07) is 12.0. The molecular weight excluding hydrogens is 398 g/mol. The number of sulfonamides is 1. The quantitative estimate of drug-likeness (QED) is 0.692. The number of anilines is 1. The van der Waals surface area contributed by atoms with E-state index in [0.29, 0.717) is 36.9 Å². The minimum Gasteiger partial charge on any atom is -0.379 e. The van der Waals surface area contributed by atoms with Gasteiger partial charge in [0.05, 0.1) is 23.8 Å². The molecule has 1 aromatic carbocycles. The highest BCUT2D eigenvalue weighted by Crippen LogP contribution is 2.24. The summed E-state index contributed by atoms with van der Waals surface area (Å²) >= 11 is 1.33. The van der Waals surface area contributed by atoms with Gasteiger partial charge in [-0.1, -0.05) is 6.07 Å². The molecule has 1 amide bonds. The number of nitrogens with one attached hydrogen (secondary N) is 1. The minimum atomic E-state index is -3.62. The molecule has 1 saturated heterocycles. The van der Waals surface area contributed by atoms with Crippen LogP contribution in [0.5, 0.6) is 0 Å². The van der Waals surface area contributed by atoms with E-state index in [-0.39, 0.29) is 10.8 Å². The van der Waals surface area contributed by atoms with Gasteiger partial charge in [0, 0.05) is 31.2 Å². The van der Waals surface area contributed by atoms with E-state index in [2.05, 4.69) is 5.32 Å². The first-order valence-corrected chi connectivity index (χ1v) is 11.1. The standard InChI is InChI=1S/C19H19N3O4S2/c23-19(18-17(6-13-27-18)21-7-1-2-8-21)20-15-4-3-5-16(14-15)28(24,25)22-9-11-26-12-10-22/h1-8,13-14H,9-12H2,(H,20,23). The SMILES string of the molecule is O=C(Nc1cccc(S(=O)(=O)N2CCOCC2)c1)c1sccc1-n1cccc1. The number of hydrogen-bond acceptors (Lipinski definition) is 5. The maximum absolute atomic E-state index is 12.8. The molecule has 0 bridgehead atoms. The van der Waals surface area contributed by atoms with Gasteiger partial charge in [0.1, 0.15) is 4.88 Å². The predicted molar refractivity (Wildman–Crippen MR) is 108 cm³/mol. The van der Waals surface area contributed by atoms with E-state index in [1.54, 1.807) is 12.1 Å². The summed E-state index contributed by atoms with van der Waals surface area (Å²) in [6.07, 6.45) is 3.74. The van der Waals surface area contributed by atoms with Crippen molar-refractivity contribution in [1.82, 2.24) is 8.87 Å². The van der Waals surface area contributed by atoms with Gasteiger partial charge in [-0.2, -0.15) is 4.31 Å². The van der Waals surface area contributed by atoms with Crippen LogP contribution in [0.3, 0.4) is 0 Å². The second kappa shape index (κ2) is 7.88. The number of carbonyl (C=O) groups excluding carboxylic acids is 1. The molecule has 146 valence electrons. The van der Waals surface area contributed by atoms with Crippen LogP contribution in [-0.2, 0) is 14.8 Å². The first-order valence-electron chi connectivity index (χ1n) is 8.76. The summed E-state index contributed by atoms with van der Waals surface area (Å²) < 4.78 is 34.1. The van der Waals surface area contributed by atoms with E-state index in [9.17, 15) is 13.2 Å². The summed E-state index contributed by atoms with van der Waals surface area (Å²) in [5, 5.41) is 4.66. The molecule has 0 unspecified atom stereocenters. The Bertz CT molecular complexity index is 1070. The van der Waals surface area contributed by atoms with Crippen molar-refractivity contribution in [2.24, 2.45) is 0 Å². The normalized spacial score (nSPS) is 15.4. The summed E-state index contributed by atoms with van der Waals surface area (Å²) in [5.74, 6) is -0.278. The lowest BCUT2D eigenvalue weighted by molar-refractivity contribution is 0.0730. The lowest BCUT2D eigenvalue weighted by Crippen LogP contribution is -2.40. The molecule has 0 atom stereocenters. The van der Waals surface area contributed by atoms with E-state index in [4.69, 9.17) is 4.74 Å². The third-order valence-corrected chi connectivity index (χ3v) is 7.23. The van der Waals surface area contributed by atoms with Gasteiger partial charge in [-0.25, -0.2) is 8.42 Å². The van der Waals surface area contributed by atoms with Crippen LogP contribution in [0.25, 0.3) is 5.69 Å². The van der Waals surface area contributed by atoms with E-state index in [1.165, 1.54) is 27.8 Å². The highest BCUT2D eigenvalue weighted by Gasteiger charge is 2.26. The van der Waals surface area contributed by atoms with Crippen LogP contribution in [-0.4, -0.2) is 49.5 Å². The summed E-state index contributed by atoms with van der Waals surface area (Å²) in [7, 11) is -3.62. The van der Waals surface area contributed by atoms with Crippen LogP contribution in [0.15, 0.2) is 65.1 Å². The molecule has 9 heteroatoms. The van der Waals surface area contributed by atoms with Gasteiger partial charge in [-0.15, -0.1) is 11.3 Å². The third kappa shape index (κ3) is 3.74. The smallest absolute Gasteiger partial charge is 0.267 e. The number of amides is 1. The Kier molecular flexibility index (Phi) is 5.31. The van der Waals surface area contributed by atoms with Crippen molar-refractivity contribution in [2.45, 2.75) is 4.90 Å². The van der Waals surface area contributed by atoms with Gasteiger partial charge in [-0.05, 0) is 41.8 Å². The number of benzene rings is 1. The monoisotopic (exact) mass is 417 g/mol.